The van der Waals surface area contributed by atoms with Gasteiger partial charge in [-0.25, -0.2) is 4.39 Å². The van der Waals surface area contributed by atoms with Gasteiger partial charge >= 0.3 is 0 Å². The monoisotopic (exact) mass is 470 g/mol. The highest BCUT2D eigenvalue weighted by Crippen LogP contribution is 2.43. The molecule has 1 saturated heterocycles. The molecule has 2 aromatic rings. The number of benzene rings is 2. The van der Waals surface area contributed by atoms with E-state index in [0.717, 1.165) is 31.8 Å². The van der Waals surface area contributed by atoms with Crippen LogP contribution in [0.1, 0.15) is 37.4 Å². The van der Waals surface area contributed by atoms with Gasteiger partial charge in [-0.2, -0.15) is 0 Å². The van der Waals surface area contributed by atoms with Crippen molar-refractivity contribution in [3.8, 4) is 11.5 Å². The number of nitrogens with zero attached hydrogens (tertiary/aromatic N) is 1. The summed E-state index contributed by atoms with van der Waals surface area (Å²) in [4.78, 5) is 29.1. The minimum atomic E-state index is -0.936. The van der Waals surface area contributed by atoms with E-state index < -0.39 is 29.3 Å². The molecular weight excluding hydrogens is 439 g/mol. The first-order chi connectivity index (χ1) is 16.4. The summed E-state index contributed by atoms with van der Waals surface area (Å²) in [7, 11) is 2.99. The molecule has 3 rings (SSSR count). The van der Waals surface area contributed by atoms with Crippen LogP contribution in [0.5, 0.6) is 11.5 Å². The minimum Gasteiger partial charge on any atom is -0.872 e. The zero-order valence-electron chi connectivity index (χ0n) is 20.0. The maximum atomic E-state index is 13.4. The Morgan fingerprint density at radius 1 is 1.06 bits per heavy atom. The Labute approximate surface area is 199 Å². The zero-order chi connectivity index (χ0) is 24.8. The summed E-state index contributed by atoms with van der Waals surface area (Å²) in [5, 5.41) is 13.4. The maximum absolute atomic E-state index is 13.4. The summed E-state index contributed by atoms with van der Waals surface area (Å²) in [5.74, 6) is -1.75. The Kier molecular flexibility index (Phi) is 8.28. The van der Waals surface area contributed by atoms with Crippen LogP contribution >= 0.6 is 0 Å². The number of amides is 1. The van der Waals surface area contributed by atoms with Gasteiger partial charge < -0.3 is 24.4 Å². The molecule has 34 heavy (non-hydrogen) atoms. The Balaban J connectivity index is 2.13. The lowest BCUT2D eigenvalue weighted by Gasteiger charge is -2.29. The van der Waals surface area contributed by atoms with Crippen LogP contribution in [0.25, 0.3) is 5.76 Å². The van der Waals surface area contributed by atoms with E-state index in [2.05, 4.69) is 13.8 Å². The van der Waals surface area contributed by atoms with Crippen molar-refractivity contribution in [2.75, 3.05) is 40.4 Å². The Morgan fingerprint density at radius 3 is 2.32 bits per heavy atom. The van der Waals surface area contributed by atoms with Crippen molar-refractivity contribution >= 4 is 17.4 Å². The molecule has 7 nitrogen and oxygen atoms in total. The number of carbonyl (C=O) groups is 2. The van der Waals surface area contributed by atoms with Gasteiger partial charge in [0.25, 0.3) is 5.91 Å². The van der Waals surface area contributed by atoms with Gasteiger partial charge in [0.15, 0.2) is 0 Å². The van der Waals surface area contributed by atoms with E-state index in [1.165, 1.54) is 36.2 Å². The number of likely N-dealkylation sites (tertiary alicyclic amines) is 1. The largest absolute Gasteiger partial charge is 0.872 e. The highest BCUT2D eigenvalue weighted by Gasteiger charge is 2.45. The first-order valence-corrected chi connectivity index (χ1v) is 11.4. The van der Waals surface area contributed by atoms with Crippen LogP contribution < -0.4 is 19.5 Å². The lowest BCUT2D eigenvalue weighted by molar-refractivity contribution is -0.896. The van der Waals surface area contributed by atoms with Gasteiger partial charge in [-0.15, -0.1) is 0 Å². The van der Waals surface area contributed by atoms with Crippen LogP contribution in [0.15, 0.2) is 48.0 Å². The number of quaternary nitrogens is 1. The van der Waals surface area contributed by atoms with Gasteiger partial charge in [0, 0.05) is 24.1 Å². The number of carbonyl (C=O) groups excluding carboxylic acids is 2. The minimum absolute atomic E-state index is 0.138. The molecule has 1 aliphatic rings. The molecule has 182 valence electrons. The number of nitrogens with one attached hydrogen (secondary N) is 1. The first-order valence-electron chi connectivity index (χ1n) is 11.4. The quantitative estimate of drug-likeness (QED) is 0.322. The number of hydrogen-bond donors (Lipinski definition) is 1. The topological polar surface area (TPSA) is 83.3 Å². The van der Waals surface area contributed by atoms with Gasteiger partial charge in [-0.1, -0.05) is 17.9 Å². The van der Waals surface area contributed by atoms with E-state index in [1.54, 1.807) is 18.2 Å². The van der Waals surface area contributed by atoms with Crippen molar-refractivity contribution in [1.29, 1.82) is 0 Å². The second-order valence-electron chi connectivity index (χ2n) is 8.15. The molecule has 8 heteroatoms. The van der Waals surface area contributed by atoms with Crippen LogP contribution in [0.4, 0.5) is 4.39 Å². The van der Waals surface area contributed by atoms with E-state index in [0.29, 0.717) is 30.0 Å². The predicted octanol–water partition coefficient (Wildman–Crippen LogP) is 1.38. The smallest absolute Gasteiger partial charge is 0.295 e. The number of Topliss-reactive ketones (excluding diaryl/α,β-unsaturated/α-hetero) is 1. The van der Waals surface area contributed by atoms with E-state index >= 15 is 0 Å². The second kappa shape index (κ2) is 11.2. The number of halogens is 1. The average molecular weight is 471 g/mol. The zero-order valence-corrected chi connectivity index (χ0v) is 20.0. The number of rotatable bonds is 10. The summed E-state index contributed by atoms with van der Waals surface area (Å²) in [6.45, 7) is 7.24. The lowest BCUT2D eigenvalue weighted by Crippen LogP contribution is -3.11. The molecule has 0 radical (unpaired) electrons. The van der Waals surface area contributed by atoms with Crippen molar-refractivity contribution in [3.63, 3.8) is 0 Å². The van der Waals surface area contributed by atoms with Crippen molar-refractivity contribution in [2.45, 2.75) is 26.3 Å². The fourth-order valence-electron chi connectivity index (χ4n) is 4.34. The third kappa shape index (κ3) is 5.07. The highest BCUT2D eigenvalue weighted by molar-refractivity contribution is 6.46. The average Bonchev–Trinajstić information content (AvgIpc) is 3.11. The van der Waals surface area contributed by atoms with Crippen LogP contribution in [-0.2, 0) is 9.59 Å². The fourth-order valence-corrected chi connectivity index (χ4v) is 4.34. The molecule has 1 amide bonds. The molecule has 0 bridgehead atoms. The Hall–Kier alpha value is -3.39. The van der Waals surface area contributed by atoms with Crippen molar-refractivity contribution in [1.82, 2.24) is 4.90 Å². The van der Waals surface area contributed by atoms with Crippen LogP contribution in [0.3, 0.4) is 0 Å². The third-order valence-corrected chi connectivity index (χ3v) is 6.30. The summed E-state index contributed by atoms with van der Waals surface area (Å²) in [6.07, 6.45) is 0.664. The third-order valence-electron chi connectivity index (χ3n) is 6.30. The lowest BCUT2D eigenvalue weighted by atomic mass is 9.94. The van der Waals surface area contributed by atoms with Crippen LogP contribution in [-0.4, -0.2) is 57.0 Å². The molecule has 0 saturated carbocycles. The fraction of sp³-hybridized carbons (Fsp3) is 0.385. The molecule has 0 spiro atoms. The van der Waals surface area contributed by atoms with Crippen LogP contribution in [0.2, 0.25) is 0 Å². The molecular formula is C26H31FN2O5. The highest BCUT2D eigenvalue weighted by atomic mass is 19.1. The molecule has 1 atom stereocenters. The van der Waals surface area contributed by atoms with E-state index in [-0.39, 0.29) is 11.1 Å². The molecule has 2 aromatic carbocycles. The predicted molar refractivity (Wildman–Crippen MR) is 124 cm³/mol. The summed E-state index contributed by atoms with van der Waals surface area (Å²) in [5.41, 5.74) is 0.457. The van der Waals surface area contributed by atoms with Gasteiger partial charge in [-0.3, -0.25) is 9.59 Å². The first kappa shape index (κ1) is 25.2. The van der Waals surface area contributed by atoms with E-state index in [4.69, 9.17) is 9.47 Å². The SMILES string of the molecule is CC[NH+](CC)CCCN1C(=O)C(=O)/C(=C(/[O-])c2ccc(F)cc2)C1c1cc(OC)ccc1OC. The van der Waals surface area contributed by atoms with Gasteiger partial charge in [-0.05, 0) is 49.7 Å². The number of ether oxygens (including phenoxy) is 2. The van der Waals surface area contributed by atoms with Gasteiger partial charge in [0.05, 0.1) is 39.9 Å². The molecule has 1 N–H and O–H groups in total. The molecule has 1 fully saturated rings. The van der Waals surface area contributed by atoms with E-state index in [1.807, 2.05) is 0 Å². The standard InChI is InChI=1S/C26H31FN2O5/c1-5-28(6-2)14-7-15-29-23(20-16-19(33-3)12-13-21(20)34-4)22(25(31)26(29)32)24(30)17-8-10-18(27)11-9-17/h8-13,16,23,30H,5-7,14-15H2,1-4H3/b24-22+. The number of ketones is 1. The molecule has 1 unspecified atom stereocenters. The van der Waals surface area contributed by atoms with E-state index in [9.17, 15) is 19.1 Å². The van der Waals surface area contributed by atoms with Gasteiger partial charge in [0.1, 0.15) is 17.3 Å². The normalized spacial score (nSPS) is 17.5. The van der Waals surface area contributed by atoms with Crippen molar-refractivity contribution < 1.29 is 33.5 Å². The summed E-state index contributed by atoms with van der Waals surface area (Å²) >= 11 is 0. The van der Waals surface area contributed by atoms with Crippen molar-refractivity contribution in [2.24, 2.45) is 0 Å². The van der Waals surface area contributed by atoms with Crippen LogP contribution in [0, 0.1) is 5.82 Å². The molecule has 1 heterocycles. The molecule has 1 aliphatic heterocycles. The summed E-state index contributed by atoms with van der Waals surface area (Å²) in [6, 6.07) is 9.06. The number of methoxy groups -OCH3 is 2. The molecule has 0 aromatic heterocycles. The summed E-state index contributed by atoms with van der Waals surface area (Å²) < 4.78 is 24.3. The van der Waals surface area contributed by atoms with Crippen molar-refractivity contribution in [3.05, 3.63) is 65.0 Å². The number of hydrogen-bond acceptors (Lipinski definition) is 5. The Bertz CT molecular complexity index is 1060. The van der Waals surface area contributed by atoms with Gasteiger partial charge in [0.2, 0.25) is 5.78 Å². The maximum Gasteiger partial charge on any atom is 0.295 e. The second-order valence-corrected chi connectivity index (χ2v) is 8.15. The molecule has 0 aliphatic carbocycles. The Morgan fingerprint density at radius 2 is 1.74 bits per heavy atom.